The first-order valence-corrected chi connectivity index (χ1v) is 10.6. The van der Waals surface area contributed by atoms with E-state index in [4.69, 9.17) is 27.9 Å². The van der Waals surface area contributed by atoms with Gasteiger partial charge in [0, 0.05) is 5.69 Å². The number of hydrogen-bond acceptors (Lipinski definition) is 4. The highest BCUT2D eigenvalue weighted by atomic mass is 35.5. The van der Waals surface area contributed by atoms with Gasteiger partial charge in [0.1, 0.15) is 10.8 Å². The maximum atomic E-state index is 12.8. The van der Waals surface area contributed by atoms with Crippen molar-refractivity contribution in [2.24, 2.45) is 0 Å². The molecule has 0 bridgehead atoms. The van der Waals surface area contributed by atoms with E-state index in [1.165, 1.54) is 4.90 Å². The number of carbonyl (C=O) groups excluding carboxylic acids is 1. The Labute approximate surface area is 162 Å². The molecule has 0 radical (unpaired) electrons. The number of benzene rings is 2. The molecule has 1 aliphatic heterocycles. The first-order valence-electron chi connectivity index (χ1n) is 8.02. The van der Waals surface area contributed by atoms with Crippen molar-refractivity contribution < 1.29 is 17.9 Å². The summed E-state index contributed by atoms with van der Waals surface area (Å²) < 4.78 is 29.3. The van der Waals surface area contributed by atoms with Gasteiger partial charge in [-0.25, -0.2) is 8.42 Å². The molecule has 2 aromatic rings. The normalized spacial score (nSPS) is 18.5. The number of anilines is 1. The molecule has 0 spiro atoms. The number of halogens is 2. The van der Waals surface area contributed by atoms with Gasteiger partial charge in [-0.3, -0.25) is 4.79 Å². The van der Waals surface area contributed by atoms with Crippen LogP contribution >= 0.6 is 23.2 Å². The molecule has 1 saturated heterocycles. The second kappa shape index (κ2) is 7.86. The highest BCUT2D eigenvalue weighted by Gasteiger charge is 2.35. The molecule has 0 aromatic heterocycles. The third-order valence-electron chi connectivity index (χ3n) is 4.14. The Balaban J connectivity index is 1.80. The zero-order chi connectivity index (χ0) is 18.7. The molecule has 1 heterocycles. The van der Waals surface area contributed by atoms with Gasteiger partial charge in [-0.1, -0.05) is 47.5 Å². The second-order valence-corrected chi connectivity index (χ2v) is 9.01. The highest BCUT2D eigenvalue weighted by molar-refractivity contribution is 7.91. The summed E-state index contributed by atoms with van der Waals surface area (Å²) in [7, 11) is -3.13. The third-order valence-corrected chi connectivity index (χ3v) is 6.70. The quantitative estimate of drug-likeness (QED) is 0.750. The molecule has 8 heteroatoms. The number of sulfone groups is 1. The van der Waals surface area contributed by atoms with Gasteiger partial charge < -0.3 is 9.64 Å². The van der Waals surface area contributed by atoms with E-state index >= 15 is 0 Å². The summed E-state index contributed by atoms with van der Waals surface area (Å²) in [6.07, 6.45) is 0.404. The molecular weight excluding hydrogens is 397 g/mol. The highest BCUT2D eigenvalue weighted by Crippen LogP contribution is 2.32. The van der Waals surface area contributed by atoms with Crippen molar-refractivity contribution in [2.45, 2.75) is 12.5 Å². The smallest absolute Gasteiger partial charge is 0.265 e. The molecule has 0 aliphatic carbocycles. The van der Waals surface area contributed by atoms with E-state index in [0.29, 0.717) is 22.9 Å². The fourth-order valence-corrected chi connectivity index (χ4v) is 4.98. The lowest BCUT2D eigenvalue weighted by Gasteiger charge is -2.28. The first-order chi connectivity index (χ1) is 12.4. The summed E-state index contributed by atoms with van der Waals surface area (Å²) in [6.45, 7) is -0.272. The van der Waals surface area contributed by atoms with Crippen molar-refractivity contribution in [1.82, 2.24) is 0 Å². The van der Waals surface area contributed by atoms with Crippen LogP contribution in [0.4, 0.5) is 5.69 Å². The summed E-state index contributed by atoms with van der Waals surface area (Å²) in [6, 6.07) is 13.5. The number of rotatable bonds is 5. The predicted molar refractivity (Wildman–Crippen MR) is 103 cm³/mol. The molecule has 0 saturated carbocycles. The zero-order valence-electron chi connectivity index (χ0n) is 13.8. The lowest BCUT2D eigenvalue weighted by atomic mass is 10.2. The van der Waals surface area contributed by atoms with E-state index in [2.05, 4.69) is 0 Å². The van der Waals surface area contributed by atoms with Crippen molar-refractivity contribution in [2.75, 3.05) is 23.0 Å². The Morgan fingerprint density at radius 2 is 1.85 bits per heavy atom. The van der Waals surface area contributed by atoms with Gasteiger partial charge in [-0.15, -0.1) is 0 Å². The lowest BCUT2D eigenvalue weighted by molar-refractivity contribution is -0.121. The van der Waals surface area contributed by atoms with Gasteiger partial charge in [0.25, 0.3) is 5.91 Å². The molecule has 1 atom stereocenters. The lowest BCUT2D eigenvalue weighted by Crippen LogP contribution is -2.43. The summed E-state index contributed by atoms with van der Waals surface area (Å²) >= 11 is 12.0. The van der Waals surface area contributed by atoms with Gasteiger partial charge in [-0.2, -0.15) is 0 Å². The van der Waals surface area contributed by atoms with Gasteiger partial charge in [0.15, 0.2) is 16.4 Å². The number of amides is 1. The van der Waals surface area contributed by atoms with Gasteiger partial charge >= 0.3 is 0 Å². The van der Waals surface area contributed by atoms with Gasteiger partial charge in [0.2, 0.25) is 0 Å². The summed E-state index contributed by atoms with van der Waals surface area (Å²) in [5.41, 5.74) is 0.639. The van der Waals surface area contributed by atoms with Crippen LogP contribution in [0, 0.1) is 0 Å². The minimum atomic E-state index is -3.13. The van der Waals surface area contributed by atoms with Gasteiger partial charge in [-0.05, 0) is 30.7 Å². The van der Waals surface area contributed by atoms with Gasteiger partial charge in [0.05, 0.1) is 22.6 Å². The fourth-order valence-electron chi connectivity index (χ4n) is 2.93. The Hall–Kier alpha value is -1.76. The maximum absolute atomic E-state index is 12.8. The SMILES string of the molecule is O=C(COc1cccc(Cl)c1Cl)N(c1ccccc1)[C@H]1CCS(=O)(=O)C1. The van der Waals surface area contributed by atoms with Crippen LogP contribution in [0.3, 0.4) is 0 Å². The van der Waals surface area contributed by atoms with Crippen LogP contribution < -0.4 is 9.64 Å². The Morgan fingerprint density at radius 1 is 1.12 bits per heavy atom. The Bertz CT molecular complexity index is 903. The standard InChI is InChI=1S/C18H17Cl2NO4S/c19-15-7-4-8-16(18(15)20)25-11-17(22)21(13-5-2-1-3-6-13)14-9-10-26(23,24)12-14/h1-8,14H,9-12H2/t14-/m0/s1. The number of hydrogen-bond donors (Lipinski definition) is 0. The van der Waals surface area contributed by atoms with Crippen molar-refractivity contribution in [3.63, 3.8) is 0 Å². The number of nitrogens with zero attached hydrogens (tertiary/aromatic N) is 1. The van der Waals surface area contributed by atoms with E-state index in [1.807, 2.05) is 6.07 Å². The van der Waals surface area contributed by atoms with Crippen molar-refractivity contribution in [1.29, 1.82) is 0 Å². The van der Waals surface area contributed by atoms with Crippen LogP contribution in [0.25, 0.3) is 0 Å². The maximum Gasteiger partial charge on any atom is 0.265 e. The topological polar surface area (TPSA) is 63.7 Å². The van der Waals surface area contributed by atoms with Crippen LogP contribution in [0.5, 0.6) is 5.75 Å². The third kappa shape index (κ3) is 4.31. The van der Waals surface area contributed by atoms with Crippen LogP contribution in [0.15, 0.2) is 48.5 Å². The predicted octanol–water partition coefficient (Wildman–Crippen LogP) is 3.59. The van der Waals surface area contributed by atoms with Crippen molar-refractivity contribution in [3.05, 3.63) is 58.6 Å². The molecule has 1 amide bonds. The summed E-state index contributed by atoms with van der Waals surface area (Å²) in [5, 5.41) is 0.565. The number of ether oxygens (including phenoxy) is 1. The molecular formula is C18H17Cl2NO4S. The van der Waals surface area contributed by atoms with E-state index in [1.54, 1.807) is 42.5 Å². The largest absolute Gasteiger partial charge is 0.482 e. The molecule has 138 valence electrons. The number of carbonyl (C=O) groups is 1. The number of para-hydroxylation sites is 1. The van der Waals surface area contributed by atoms with E-state index < -0.39 is 15.9 Å². The zero-order valence-corrected chi connectivity index (χ0v) is 16.1. The van der Waals surface area contributed by atoms with Crippen LogP contribution in [-0.2, 0) is 14.6 Å². The van der Waals surface area contributed by atoms with E-state index in [9.17, 15) is 13.2 Å². The van der Waals surface area contributed by atoms with E-state index in [-0.39, 0.29) is 29.0 Å². The average Bonchev–Trinajstić information content (AvgIpc) is 2.97. The molecule has 1 aliphatic rings. The van der Waals surface area contributed by atoms with Crippen LogP contribution in [0.1, 0.15) is 6.42 Å². The summed E-state index contributed by atoms with van der Waals surface area (Å²) in [5.74, 6) is -0.00483. The van der Waals surface area contributed by atoms with Crippen LogP contribution in [0.2, 0.25) is 10.0 Å². The Morgan fingerprint density at radius 3 is 2.50 bits per heavy atom. The fraction of sp³-hybridized carbons (Fsp3) is 0.278. The van der Waals surface area contributed by atoms with Crippen LogP contribution in [-0.4, -0.2) is 38.5 Å². The molecule has 5 nitrogen and oxygen atoms in total. The van der Waals surface area contributed by atoms with E-state index in [0.717, 1.165) is 0 Å². The Kier molecular flexibility index (Phi) is 5.75. The monoisotopic (exact) mass is 413 g/mol. The first kappa shape index (κ1) is 19.0. The molecule has 1 fully saturated rings. The molecule has 26 heavy (non-hydrogen) atoms. The minimum absolute atomic E-state index is 0.0500. The second-order valence-electron chi connectivity index (χ2n) is 6.00. The molecule has 0 N–H and O–H groups in total. The van der Waals surface area contributed by atoms with Crippen molar-refractivity contribution in [3.8, 4) is 5.75 Å². The molecule has 3 rings (SSSR count). The van der Waals surface area contributed by atoms with Crippen molar-refractivity contribution >= 4 is 44.6 Å². The minimum Gasteiger partial charge on any atom is -0.482 e. The summed E-state index contributed by atoms with van der Waals surface area (Å²) in [4.78, 5) is 14.3. The molecule has 2 aromatic carbocycles. The molecule has 0 unspecified atom stereocenters. The average molecular weight is 414 g/mol.